The summed E-state index contributed by atoms with van der Waals surface area (Å²) in [4.78, 5) is 0. The molecule has 2 heterocycles. The number of nitrogens with one attached hydrogen (secondary N) is 2. The van der Waals surface area contributed by atoms with Crippen LogP contribution in [0.25, 0.3) is 0 Å². The van der Waals surface area contributed by atoms with E-state index in [4.69, 9.17) is 4.74 Å². The van der Waals surface area contributed by atoms with Gasteiger partial charge in [0.2, 0.25) is 0 Å². The average molecular weight is 268 g/mol. The van der Waals surface area contributed by atoms with E-state index in [2.05, 4.69) is 24.5 Å². The second-order valence-corrected chi connectivity index (χ2v) is 6.44. The fraction of sp³-hybridized carbons (Fsp3) is 1.00. The first-order chi connectivity index (χ1) is 9.31. The van der Waals surface area contributed by atoms with E-state index in [0.29, 0.717) is 6.10 Å². The zero-order chi connectivity index (χ0) is 13.5. The van der Waals surface area contributed by atoms with Gasteiger partial charge in [-0.2, -0.15) is 0 Å². The van der Waals surface area contributed by atoms with Crippen molar-refractivity contribution in [1.82, 2.24) is 10.6 Å². The van der Waals surface area contributed by atoms with Crippen molar-refractivity contribution in [3.8, 4) is 0 Å². The predicted octanol–water partition coefficient (Wildman–Crippen LogP) is 2.42. The minimum absolute atomic E-state index is 0.507. The molecule has 0 bridgehead atoms. The lowest BCUT2D eigenvalue weighted by atomic mass is 9.85. The molecule has 2 aliphatic rings. The molecule has 2 N–H and O–H groups in total. The molecule has 112 valence electrons. The molecule has 3 heteroatoms. The van der Waals surface area contributed by atoms with Crippen LogP contribution in [0.15, 0.2) is 0 Å². The highest BCUT2D eigenvalue weighted by Gasteiger charge is 2.26. The molecular weight excluding hydrogens is 236 g/mol. The van der Waals surface area contributed by atoms with E-state index >= 15 is 0 Å². The van der Waals surface area contributed by atoms with Gasteiger partial charge in [-0.05, 0) is 69.5 Å². The molecule has 2 rings (SSSR count). The topological polar surface area (TPSA) is 33.3 Å². The molecule has 0 amide bonds. The van der Waals surface area contributed by atoms with Gasteiger partial charge < -0.3 is 15.4 Å². The summed E-state index contributed by atoms with van der Waals surface area (Å²) in [5.74, 6) is 2.49. The lowest BCUT2D eigenvalue weighted by Gasteiger charge is -2.28. The lowest BCUT2D eigenvalue weighted by Crippen LogP contribution is -2.35. The van der Waals surface area contributed by atoms with Crippen LogP contribution in [0.2, 0.25) is 0 Å². The molecule has 0 aliphatic carbocycles. The zero-order valence-electron chi connectivity index (χ0n) is 12.8. The quantitative estimate of drug-likeness (QED) is 0.696. The van der Waals surface area contributed by atoms with Gasteiger partial charge in [0, 0.05) is 13.2 Å². The molecule has 2 fully saturated rings. The van der Waals surface area contributed by atoms with Gasteiger partial charge >= 0.3 is 0 Å². The van der Waals surface area contributed by atoms with Crippen LogP contribution in [0.3, 0.4) is 0 Å². The standard InChI is InChI=1S/C16H32N2O/c1-3-16-15(7-10-19-16)12-18-9-6-13(2)14-5-4-8-17-11-14/h13-18H,3-12H2,1-2H3. The number of rotatable bonds is 7. The van der Waals surface area contributed by atoms with E-state index in [0.717, 1.165) is 37.3 Å². The monoisotopic (exact) mass is 268 g/mol. The third kappa shape index (κ3) is 4.73. The Morgan fingerprint density at radius 1 is 1.37 bits per heavy atom. The minimum Gasteiger partial charge on any atom is -0.378 e. The molecular formula is C16H32N2O. The summed E-state index contributed by atoms with van der Waals surface area (Å²) >= 11 is 0. The summed E-state index contributed by atoms with van der Waals surface area (Å²) in [6, 6.07) is 0. The molecule has 0 aromatic carbocycles. The highest BCUT2D eigenvalue weighted by Crippen LogP contribution is 2.23. The highest BCUT2D eigenvalue weighted by molar-refractivity contribution is 4.78. The second-order valence-electron chi connectivity index (χ2n) is 6.44. The third-order valence-electron chi connectivity index (χ3n) is 5.07. The van der Waals surface area contributed by atoms with E-state index in [1.54, 1.807) is 0 Å². The Kier molecular flexibility index (Phi) is 6.62. The van der Waals surface area contributed by atoms with Crippen LogP contribution in [-0.2, 0) is 4.74 Å². The van der Waals surface area contributed by atoms with Gasteiger partial charge in [0.25, 0.3) is 0 Å². The first-order valence-corrected chi connectivity index (χ1v) is 8.34. The lowest BCUT2D eigenvalue weighted by molar-refractivity contribution is 0.0872. The molecule has 2 aliphatic heterocycles. The molecule has 2 saturated heterocycles. The Balaban J connectivity index is 1.55. The van der Waals surface area contributed by atoms with Crippen LogP contribution in [0.4, 0.5) is 0 Å². The molecule has 4 unspecified atom stereocenters. The van der Waals surface area contributed by atoms with E-state index in [9.17, 15) is 0 Å². The van der Waals surface area contributed by atoms with Gasteiger partial charge in [0.05, 0.1) is 6.10 Å². The third-order valence-corrected chi connectivity index (χ3v) is 5.07. The Morgan fingerprint density at radius 3 is 3.00 bits per heavy atom. The molecule has 0 radical (unpaired) electrons. The molecule has 3 nitrogen and oxygen atoms in total. The highest BCUT2D eigenvalue weighted by atomic mass is 16.5. The normalized spacial score (nSPS) is 33.5. The van der Waals surface area contributed by atoms with Crippen molar-refractivity contribution in [3.63, 3.8) is 0 Å². The van der Waals surface area contributed by atoms with Crippen molar-refractivity contribution in [2.75, 3.05) is 32.8 Å². The van der Waals surface area contributed by atoms with Crippen LogP contribution < -0.4 is 10.6 Å². The van der Waals surface area contributed by atoms with E-state index < -0.39 is 0 Å². The van der Waals surface area contributed by atoms with Crippen molar-refractivity contribution in [3.05, 3.63) is 0 Å². The van der Waals surface area contributed by atoms with E-state index in [1.165, 1.54) is 45.3 Å². The molecule has 0 aromatic heterocycles. The Bertz CT molecular complexity index is 241. The van der Waals surface area contributed by atoms with Gasteiger partial charge in [-0.3, -0.25) is 0 Å². The van der Waals surface area contributed by atoms with Crippen LogP contribution in [0.5, 0.6) is 0 Å². The first-order valence-electron chi connectivity index (χ1n) is 8.34. The maximum atomic E-state index is 5.74. The summed E-state index contributed by atoms with van der Waals surface area (Å²) in [6.45, 7) is 10.4. The Labute approximate surface area is 118 Å². The SMILES string of the molecule is CCC1OCCC1CNCCC(C)C1CCCNC1. The first kappa shape index (κ1) is 15.3. The van der Waals surface area contributed by atoms with Gasteiger partial charge in [-0.15, -0.1) is 0 Å². The van der Waals surface area contributed by atoms with Crippen molar-refractivity contribution >= 4 is 0 Å². The average Bonchev–Trinajstić information content (AvgIpc) is 2.91. The summed E-state index contributed by atoms with van der Waals surface area (Å²) in [7, 11) is 0. The fourth-order valence-corrected chi connectivity index (χ4v) is 3.59. The fourth-order valence-electron chi connectivity index (χ4n) is 3.59. The van der Waals surface area contributed by atoms with Gasteiger partial charge in [0.15, 0.2) is 0 Å². The van der Waals surface area contributed by atoms with Crippen LogP contribution in [-0.4, -0.2) is 38.9 Å². The van der Waals surface area contributed by atoms with Gasteiger partial charge in [-0.1, -0.05) is 13.8 Å². The number of hydrogen-bond acceptors (Lipinski definition) is 3. The maximum absolute atomic E-state index is 5.74. The van der Waals surface area contributed by atoms with E-state index in [-0.39, 0.29) is 0 Å². The van der Waals surface area contributed by atoms with Crippen LogP contribution in [0.1, 0.15) is 46.0 Å². The largest absolute Gasteiger partial charge is 0.378 e. The number of piperidine rings is 1. The summed E-state index contributed by atoms with van der Waals surface area (Å²) in [6.07, 6.45) is 7.01. The minimum atomic E-state index is 0.507. The summed E-state index contributed by atoms with van der Waals surface area (Å²) in [5.41, 5.74) is 0. The molecule has 4 atom stereocenters. The molecule has 0 aromatic rings. The van der Waals surface area contributed by atoms with Crippen molar-refractivity contribution in [2.45, 2.75) is 52.1 Å². The van der Waals surface area contributed by atoms with Crippen molar-refractivity contribution in [1.29, 1.82) is 0 Å². The number of hydrogen-bond donors (Lipinski definition) is 2. The van der Waals surface area contributed by atoms with Crippen LogP contribution in [0, 0.1) is 17.8 Å². The molecule has 0 saturated carbocycles. The smallest absolute Gasteiger partial charge is 0.0613 e. The van der Waals surface area contributed by atoms with Crippen molar-refractivity contribution < 1.29 is 4.74 Å². The molecule has 19 heavy (non-hydrogen) atoms. The zero-order valence-corrected chi connectivity index (χ0v) is 12.8. The second kappa shape index (κ2) is 8.23. The predicted molar refractivity (Wildman–Crippen MR) is 80.4 cm³/mol. The summed E-state index contributed by atoms with van der Waals surface area (Å²) < 4.78 is 5.74. The summed E-state index contributed by atoms with van der Waals surface area (Å²) in [5, 5.41) is 7.19. The van der Waals surface area contributed by atoms with Gasteiger partial charge in [0.1, 0.15) is 0 Å². The number of ether oxygens (including phenoxy) is 1. The van der Waals surface area contributed by atoms with Gasteiger partial charge in [-0.25, -0.2) is 0 Å². The maximum Gasteiger partial charge on any atom is 0.0613 e. The van der Waals surface area contributed by atoms with E-state index in [1.807, 2.05) is 0 Å². The Hall–Kier alpha value is -0.120. The Morgan fingerprint density at radius 2 is 2.26 bits per heavy atom. The van der Waals surface area contributed by atoms with Crippen LogP contribution >= 0.6 is 0 Å². The molecule has 0 spiro atoms. The van der Waals surface area contributed by atoms with Crippen molar-refractivity contribution in [2.24, 2.45) is 17.8 Å².